The Balaban J connectivity index is 1.15. The number of fused-ring (bicyclic) bond motifs is 1. The van der Waals surface area contributed by atoms with Gasteiger partial charge in [0.1, 0.15) is 0 Å². The average molecular weight is 732 g/mol. The van der Waals surface area contributed by atoms with Crippen LogP contribution in [0.5, 0.6) is 0 Å². The highest BCUT2D eigenvalue weighted by molar-refractivity contribution is 6.03. The zero-order chi connectivity index (χ0) is 38.8. The van der Waals surface area contributed by atoms with E-state index in [9.17, 15) is 0 Å². The average Bonchev–Trinajstić information content (AvgIpc) is 3.27. The smallest absolute Gasteiger partial charge is 0.0540 e. The molecule has 0 aliphatic rings. The molecule has 57 heavy (non-hydrogen) atoms. The standard InChI is InChI=1S/C56H45N/c1-42-33-39-55(43(2)41-42)57(50-37-34-44(35-38-50)19-17-31-51(45-20-7-3-8-21-45)46-22-9-4-10-23-46)56-40-36-49(53-29-15-16-30-54(53)56)28-18-32-52(47-24-11-5-12-25-47)48-26-13-6-14-27-48/h3-41H,1-2H3/b19-17+,28-18+. The van der Waals surface area contributed by atoms with E-state index in [2.05, 4.69) is 255 Å². The Labute approximate surface area is 337 Å². The first kappa shape index (κ1) is 36.7. The molecule has 0 aliphatic heterocycles. The van der Waals surface area contributed by atoms with Gasteiger partial charge in [0, 0.05) is 16.8 Å². The molecule has 0 radical (unpaired) electrons. The van der Waals surface area contributed by atoms with Crippen molar-refractivity contribution in [2.45, 2.75) is 13.8 Å². The van der Waals surface area contributed by atoms with Crippen LogP contribution in [0.4, 0.5) is 17.1 Å². The molecule has 0 heterocycles. The highest BCUT2D eigenvalue weighted by Gasteiger charge is 2.18. The summed E-state index contributed by atoms with van der Waals surface area (Å²) < 4.78 is 0. The summed E-state index contributed by atoms with van der Waals surface area (Å²) in [6.07, 6.45) is 13.2. The largest absolute Gasteiger partial charge is 0.310 e. The quantitative estimate of drug-likeness (QED) is 0.120. The van der Waals surface area contributed by atoms with E-state index < -0.39 is 0 Å². The number of allylic oxidation sites excluding steroid dienone is 4. The SMILES string of the molecule is Cc1ccc(N(c2ccc(/C=C/C=C(c3ccccc3)c3ccccc3)cc2)c2ccc(/C=C/C=C(c3ccccc3)c3ccccc3)c3ccccc23)c(C)c1. The first-order valence-corrected chi connectivity index (χ1v) is 19.6. The van der Waals surface area contributed by atoms with E-state index in [1.807, 2.05) is 0 Å². The van der Waals surface area contributed by atoms with Crippen LogP contribution in [-0.4, -0.2) is 0 Å². The third-order valence-corrected chi connectivity index (χ3v) is 10.3. The highest BCUT2D eigenvalue weighted by Crippen LogP contribution is 2.41. The maximum Gasteiger partial charge on any atom is 0.0540 e. The number of aryl methyl sites for hydroxylation is 2. The molecule has 0 saturated carbocycles. The maximum absolute atomic E-state index is 2.41. The number of nitrogens with zero attached hydrogens (tertiary/aromatic N) is 1. The molecule has 0 N–H and O–H groups in total. The molecule has 0 bridgehead atoms. The van der Waals surface area contributed by atoms with Crippen molar-refractivity contribution in [3.63, 3.8) is 0 Å². The topological polar surface area (TPSA) is 3.24 Å². The summed E-state index contributed by atoms with van der Waals surface area (Å²) in [7, 11) is 0. The van der Waals surface area contributed by atoms with E-state index in [1.54, 1.807) is 0 Å². The van der Waals surface area contributed by atoms with Gasteiger partial charge in [-0.2, -0.15) is 0 Å². The Morgan fingerprint density at radius 1 is 0.404 bits per heavy atom. The van der Waals surface area contributed by atoms with Gasteiger partial charge in [-0.3, -0.25) is 0 Å². The molecule has 0 aliphatic carbocycles. The highest BCUT2D eigenvalue weighted by atomic mass is 15.1. The van der Waals surface area contributed by atoms with Crippen LogP contribution >= 0.6 is 0 Å². The van der Waals surface area contributed by atoms with Crippen LogP contribution in [0.1, 0.15) is 44.5 Å². The van der Waals surface area contributed by atoms with E-state index >= 15 is 0 Å². The molecular formula is C56H45N. The molecule has 0 saturated heterocycles. The summed E-state index contributed by atoms with van der Waals surface area (Å²) in [6.45, 7) is 4.36. The molecule has 1 nitrogen and oxygen atoms in total. The Morgan fingerprint density at radius 3 is 1.37 bits per heavy atom. The molecule has 274 valence electrons. The van der Waals surface area contributed by atoms with E-state index in [1.165, 1.54) is 60.9 Å². The van der Waals surface area contributed by atoms with Crippen molar-refractivity contribution in [2.75, 3.05) is 4.90 Å². The molecule has 0 aromatic heterocycles. The van der Waals surface area contributed by atoms with Gasteiger partial charge in [-0.15, -0.1) is 0 Å². The van der Waals surface area contributed by atoms with Crippen LogP contribution < -0.4 is 4.90 Å². The molecule has 0 fully saturated rings. The van der Waals surface area contributed by atoms with Crippen LogP contribution in [0.15, 0.2) is 224 Å². The van der Waals surface area contributed by atoms with Crippen molar-refractivity contribution < 1.29 is 0 Å². The maximum atomic E-state index is 2.41. The lowest BCUT2D eigenvalue weighted by Gasteiger charge is -2.29. The van der Waals surface area contributed by atoms with Crippen LogP contribution in [0.2, 0.25) is 0 Å². The minimum Gasteiger partial charge on any atom is -0.310 e. The van der Waals surface area contributed by atoms with E-state index in [0.29, 0.717) is 0 Å². The Morgan fingerprint density at radius 2 is 0.860 bits per heavy atom. The molecule has 8 rings (SSSR count). The summed E-state index contributed by atoms with van der Waals surface area (Å²) in [5.41, 5.74) is 15.4. The summed E-state index contributed by atoms with van der Waals surface area (Å²) in [5.74, 6) is 0. The number of anilines is 3. The zero-order valence-corrected chi connectivity index (χ0v) is 32.5. The fourth-order valence-electron chi connectivity index (χ4n) is 7.54. The predicted molar refractivity (Wildman–Crippen MR) is 246 cm³/mol. The molecule has 0 amide bonds. The fourth-order valence-corrected chi connectivity index (χ4v) is 7.54. The molecule has 0 unspecified atom stereocenters. The summed E-state index contributed by atoms with van der Waals surface area (Å²) in [4.78, 5) is 2.41. The van der Waals surface area contributed by atoms with Gasteiger partial charge < -0.3 is 4.90 Å². The van der Waals surface area contributed by atoms with Gasteiger partial charge in [0.05, 0.1) is 5.69 Å². The second-order valence-corrected chi connectivity index (χ2v) is 14.3. The van der Waals surface area contributed by atoms with Crippen molar-refractivity contribution in [3.8, 4) is 0 Å². The molecule has 8 aromatic rings. The number of benzene rings is 8. The van der Waals surface area contributed by atoms with Crippen LogP contribution in [0, 0.1) is 13.8 Å². The van der Waals surface area contributed by atoms with Gasteiger partial charge in [0.15, 0.2) is 0 Å². The number of hydrogen-bond donors (Lipinski definition) is 0. The lowest BCUT2D eigenvalue weighted by Crippen LogP contribution is -2.12. The first-order chi connectivity index (χ1) is 28.1. The van der Waals surface area contributed by atoms with Crippen LogP contribution in [0.25, 0.3) is 34.1 Å². The van der Waals surface area contributed by atoms with Crippen molar-refractivity contribution in [1.29, 1.82) is 0 Å². The second-order valence-electron chi connectivity index (χ2n) is 14.3. The van der Waals surface area contributed by atoms with Crippen molar-refractivity contribution >= 4 is 51.1 Å². The van der Waals surface area contributed by atoms with Gasteiger partial charge in [0.2, 0.25) is 0 Å². The summed E-state index contributed by atoms with van der Waals surface area (Å²) >= 11 is 0. The summed E-state index contributed by atoms with van der Waals surface area (Å²) in [6, 6.07) is 71.3. The summed E-state index contributed by atoms with van der Waals surface area (Å²) in [5, 5.41) is 2.40. The number of rotatable bonds is 11. The lowest BCUT2D eigenvalue weighted by atomic mass is 9.97. The minimum atomic E-state index is 1.11. The number of hydrogen-bond acceptors (Lipinski definition) is 1. The Bertz CT molecular complexity index is 2620. The van der Waals surface area contributed by atoms with Gasteiger partial charge in [0.25, 0.3) is 0 Å². The first-order valence-electron chi connectivity index (χ1n) is 19.6. The van der Waals surface area contributed by atoms with Gasteiger partial charge >= 0.3 is 0 Å². The van der Waals surface area contributed by atoms with E-state index in [-0.39, 0.29) is 0 Å². The predicted octanol–water partition coefficient (Wildman–Crippen LogP) is 15.2. The van der Waals surface area contributed by atoms with Gasteiger partial charge in [-0.1, -0.05) is 218 Å². The monoisotopic (exact) mass is 731 g/mol. The third-order valence-electron chi connectivity index (χ3n) is 10.3. The molecule has 1 heteroatoms. The fraction of sp³-hybridized carbons (Fsp3) is 0.0357. The lowest BCUT2D eigenvalue weighted by molar-refractivity contribution is 1.25. The van der Waals surface area contributed by atoms with Crippen LogP contribution in [0.3, 0.4) is 0 Å². The van der Waals surface area contributed by atoms with Gasteiger partial charge in [-0.25, -0.2) is 0 Å². The molecule has 0 spiro atoms. The molecular weight excluding hydrogens is 687 g/mol. The van der Waals surface area contributed by atoms with Crippen molar-refractivity contribution in [1.82, 2.24) is 0 Å². The Hall–Kier alpha value is -7.22. The van der Waals surface area contributed by atoms with Crippen molar-refractivity contribution in [3.05, 3.63) is 269 Å². The minimum absolute atomic E-state index is 1.11. The second kappa shape index (κ2) is 17.5. The van der Waals surface area contributed by atoms with E-state index in [0.717, 1.165) is 22.6 Å². The molecule has 0 atom stereocenters. The van der Waals surface area contributed by atoms with Crippen molar-refractivity contribution in [2.24, 2.45) is 0 Å². The normalized spacial score (nSPS) is 11.2. The Kier molecular flexibility index (Phi) is 11.3. The van der Waals surface area contributed by atoms with E-state index in [4.69, 9.17) is 0 Å². The van der Waals surface area contributed by atoms with Crippen LogP contribution in [-0.2, 0) is 0 Å². The third kappa shape index (κ3) is 8.54. The molecule has 8 aromatic carbocycles. The van der Waals surface area contributed by atoms with Gasteiger partial charge in [-0.05, 0) is 93.6 Å². The zero-order valence-electron chi connectivity index (χ0n) is 32.5.